The Kier molecular flexibility index (Phi) is 8.89. The summed E-state index contributed by atoms with van der Waals surface area (Å²) in [5.41, 5.74) is 1.19. The lowest BCUT2D eigenvalue weighted by Crippen LogP contribution is -2.49. The summed E-state index contributed by atoms with van der Waals surface area (Å²) in [5, 5.41) is 14.1. The lowest BCUT2D eigenvalue weighted by molar-refractivity contribution is 0.459. The van der Waals surface area contributed by atoms with Crippen LogP contribution in [-0.4, -0.2) is 58.3 Å². The van der Waals surface area contributed by atoms with Gasteiger partial charge in [0.05, 0.1) is 6.26 Å². The van der Waals surface area contributed by atoms with Gasteiger partial charge in [0.25, 0.3) is 0 Å². The highest BCUT2D eigenvalue weighted by Gasteiger charge is 2.20. The van der Waals surface area contributed by atoms with Gasteiger partial charge in [-0.25, -0.2) is 9.97 Å². The van der Waals surface area contributed by atoms with Crippen LogP contribution in [0.15, 0.2) is 46.1 Å². The number of guanidine groups is 1. The van der Waals surface area contributed by atoms with Crippen LogP contribution in [0, 0.1) is 6.92 Å². The van der Waals surface area contributed by atoms with Crippen molar-refractivity contribution in [1.82, 2.24) is 30.8 Å². The van der Waals surface area contributed by atoms with Crippen LogP contribution in [0.3, 0.4) is 0 Å². The van der Waals surface area contributed by atoms with Crippen LogP contribution in [0.4, 0.5) is 5.82 Å². The van der Waals surface area contributed by atoms with E-state index in [2.05, 4.69) is 61.7 Å². The molecule has 0 aromatic carbocycles. The number of halogens is 1. The molecule has 3 N–H and O–H groups in total. The molecule has 0 amide bonds. The molecule has 10 heteroatoms. The van der Waals surface area contributed by atoms with Gasteiger partial charge in [-0.15, -0.1) is 24.0 Å². The molecule has 3 aromatic heterocycles. The number of H-pyrrole nitrogens is 1. The number of aromatic nitrogens is 4. The maximum atomic E-state index is 5.33. The third-order valence-corrected chi connectivity index (χ3v) is 5.29. The molecule has 4 heterocycles. The van der Waals surface area contributed by atoms with Crippen molar-refractivity contribution in [3.05, 3.63) is 48.1 Å². The lowest BCUT2D eigenvalue weighted by atomic mass is 10.1. The molecule has 0 saturated carbocycles. The van der Waals surface area contributed by atoms with Crippen molar-refractivity contribution in [2.75, 3.05) is 31.1 Å². The number of hydrogen-bond acceptors (Lipinski definition) is 6. The molecule has 1 fully saturated rings. The molecular weight excluding hydrogens is 519 g/mol. The zero-order valence-corrected chi connectivity index (χ0v) is 20.9. The van der Waals surface area contributed by atoms with E-state index in [-0.39, 0.29) is 24.0 Å². The van der Waals surface area contributed by atoms with Gasteiger partial charge in [-0.3, -0.25) is 10.1 Å². The predicted molar refractivity (Wildman–Crippen MR) is 137 cm³/mol. The van der Waals surface area contributed by atoms with Crippen molar-refractivity contribution in [2.45, 2.75) is 39.2 Å². The Bertz CT molecular complexity index is 962. The van der Waals surface area contributed by atoms with Crippen LogP contribution in [0.1, 0.15) is 31.2 Å². The Hall–Kier alpha value is -2.63. The zero-order chi connectivity index (χ0) is 21.5. The van der Waals surface area contributed by atoms with Crippen LogP contribution in [0.25, 0.3) is 11.6 Å². The van der Waals surface area contributed by atoms with Crippen LogP contribution < -0.4 is 15.5 Å². The molecule has 32 heavy (non-hydrogen) atoms. The van der Waals surface area contributed by atoms with E-state index in [0.29, 0.717) is 30.6 Å². The Morgan fingerprint density at radius 2 is 2.12 bits per heavy atom. The number of hydrogen-bond donors (Lipinski definition) is 3. The molecule has 0 bridgehead atoms. The van der Waals surface area contributed by atoms with E-state index < -0.39 is 0 Å². The summed E-state index contributed by atoms with van der Waals surface area (Å²) >= 11 is 0. The molecule has 0 atom stereocenters. The number of aryl methyl sites for hydroxylation is 1. The van der Waals surface area contributed by atoms with E-state index in [4.69, 9.17) is 9.41 Å². The first-order chi connectivity index (χ1) is 15.2. The summed E-state index contributed by atoms with van der Waals surface area (Å²) in [5.74, 6) is 3.94. The summed E-state index contributed by atoms with van der Waals surface area (Å²) in [7, 11) is 0. The first-order valence-electron chi connectivity index (χ1n) is 10.9. The molecule has 1 aliphatic rings. The highest BCUT2D eigenvalue weighted by atomic mass is 127. The van der Waals surface area contributed by atoms with Crippen LogP contribution in [0.2, 0.25) is 0 Å². The fourth-order valence-corrected chi connectivity index (χ4v) is 3.61. The fourth-order valence-electron chi connectivity index (χ4n) is 3.61. The molecule has 1 aliphatic heterocycles. The predicted octanol–water partition coefficient (Wildman–Crippen LogP) is 3.15. The van der Waals surface area contributed by atoms with Crippen molar-refractivity contribution in [3.8, 4) is 11.6 Å². The quantitative estimate of drug-likeness (QED) is 0.236. The van der Waals surface area contributed by atoms with E-state index in [1.54, 1.807) is 6.26 Å². The van der Waals surface area contributed by atoms with Gasteiger partial charge < -0.3 is 20.0 Å². The van der Waals surface area contributed by atoms with Crippen molar-refractivity contribution in [3.63, 3.8) is 0 Å². The third kappa shape index (κ3) is 6.44. The Labute approximate surface area is 205 Å². The molecular formula is C22H31IN8O. The monoisotopic (exact) mass is 550 g/mol. The number of pyridine rings is 1. The van der Waals surface area contributed by atoms with E-state index in [1.807, 2.05) is 18.3 Å². The summed E-state index contributed by atoms with van der Waals surface area (Å²) < 4.78 is 5.33. The number of nitrogens with one attached hydrogen (secondary N) is 3. The average molecular weight is 550 g/mol. The highest BCUT2D eigenvalue weighted by Crippen LogP contribution is 2.18. The molecule has 3 aromatic rings. The molecule has 9 nitrogen and oxygen atoms in total. The van der Waals surface area contributed by atoms with Crippen LogP contribution in [-0.2, 0) is 6.42 Å². The van der Waals surface area contributed by atoms with Gasteiger partial charge in [-0.1, -0.05) is 6.07 Å². The molecule has 4 rings (SSSR count). The lowest BCUT2D eigenvalue weighted by Gasteiger charge is -2.33. The van der Waals surface area contributed by atoms with E-state index >= 15 is 0 Å². The standard InChI is InChI=1S/C22H30N8O.HI/c1-3-23-22(24-11-8-19-27-21(29-28-19)18-5-4-14-31-18)26-17-9-12-30(13-10-17)20-7-6-16(2)15-25-20;/h4-7,14-15,17H,3,8-13H2,1-2H3,(H2,23,24,26)(H,27,28,29);1H. The third-order valence-electron chi connectivity index (χ3n) is 5.29. The van der Waals surface area contributed by atoms with E-state index in [9.17, 15) is 0 Å². The molecule has 172 valence electrons. The van der Waals surface area contributed by atoms with Crippen molar-refractivity contribution < 1.29 is 4.42 Å². The van der Waals surface area contributed by atoms with Crippen molar-refractivity contribution >= 4 is 35.8 Å². The van der Waals surface area contributed by atoms with E-state index in [1.165, 1.54) is 5.56 Å². The Morgan fingerprint density at radius 1 is 1.28 bits per heavy atom. The van der Waals surface area contributed by atoms with Gasteiger partial charge in [0.15, 0.2) is 11.7 Å². The minimum absolute atomic E-state index is 0. The number of rotatable bonds is 7. The number of anilines is 1. The SMILES string of the molecule is CCNC(=NCCc1nc(-c2ccco2)n[nH]1)NC1CCN(c2ccc(C)cn2)CC1.I. The number of piperidine rings is 1. The second-order valence-electron chi connectivity index (χ2n) is 7.69. The van der Waals surface area contributed by atoms with Crippen LogP contribution in [0.5, 0.6) is 0 Å². The Morgan fingerprint density at radius 3 is 2.81 bits per heavy atom. The average Bonchev–Trinajstić information content (AvgIpc) is 3.47. The summed E-state index contributed by atoms with van der Waals surface area (Å²) in [6.45, 7) is 7.56. The summed E-state index contributed by atoms with van der Waals surface area (Å²) in [6, 6.07) is 8.30. The number of aromatic amines is 1. The molecule has 0 unspecified atom stereocenters. The topological polar surface area (TPSA) is 107 Å². The van der Waals surface area contributed by atoms with Gasteiger partial charge in [0, 0.05) is 44.8 Å². The maximum Gasteiger partial charge on any atom is 0.216 e. The van der Waals surface area contributed by atoms with Crippen molar-refractivity contribution in [2.24, 2.45) is 4.99 Å². The highest BCUT2D eigenvalue weighted by molar-refractivity contribution is 14.0. The zero-order valence-electron chi connectivity index (χ0n) is 18.5. The summed E-state index contributed by atoms with van der Waals surface area (Å²) in [4.78, 5) is 16.1. The minimum Gasteiger partial charge on any atom is -0.461 e. The minimum atomic E-state index is 0. The van der Waals surface area contributed by atoms with Crippen molar-refractivity contribution in [1.29, 1.82) is 0 Å². The second kappa shape index (κ2) is 11.8. The molecule has 1 saturated heterocycles. The van der Waals surface area contributed by atoms with Gasteiger partial charge in [-0.2, -0.15) is 5.10 Å². The first-order valence-corrected chi connectivity index (χ1v) is 10.9. The van der Waals surface area contributed by atoms with Gasteiger partial charge in [0.2, 0.25) is 5.82 Å². The van der Waals surface area contributed by atoms with Gasteiger partial charge in [-0.05, 0) is 50.5 Å². The fraction of sp³-hybridized carbons (Fsp3) is 0.455. The number of nitrogens with zero attached hydrogens (tertiary/aromatic N) is 5. The molecule has 0 spiro atoms. The smallest absolute Gasteiger partial charge is 0.216 e. The van der Waals surface area contributed by atoms with Gasteiger partial charge in [0.1, 0.15) is 11.6 Å². The first kappa shape index (κ1) is 24.0. The molecule has 0 radical (unpaired) electrons. The van der Waals surface area contributed by atoms with Crippen LogP contribution >= 0.6 is 24.0 Å². The number of aliphatic imine (C=N–C) groups is 1. The van der Waals surface area contributed by atoms with Gasteiger partial charge >= 0.3 is 0 Å². The van der Waals surface area contributed by atoms with E-state index in [0.717, 1.165) is 50.1 Å². The maximum absolute atomic E-state index is 5.33. The molecule has 0 aliphatic carbocycles. The number of furan rings is 1. The largest absolute Gasteiger partial charge is 0.461 e. The summed E-state index contributed by atoms with van der Waals surface area (Å²) in [6.07, 6.45) is 6.33. The Balaban J connectivity index is 0.00000289. The second-order valence-corrected chi connectivity index (χ2v) is 7.69. The normalized spacial score (nSPS) is 14.8.